The summed E-state index contributed by atoms with van der Waals surface area (Å²) in [5, 5.41) is 1.99. The van der Waals surface area contributed by atoms with E-state index in [4.69, 9.17) is 5.84 Å². The third kappa shape index (κ3) is 2.23. The molecule has 0 saturated carbocycles. The monoisotopic (exact) mass is 222 g/mol. The van der Waals surface area contributed by atoms with Crippen molar-refractivity contribution in [2.75, 3.05) is 0 Å². The van der Waals surface area contributed by atoms with Gasteiger partial charge in [-0.05, 0) is 29.1 Å². The molecule has 1 unspecified atom stereocenters. The molecule has 0 aliphatic carbocycles. The SMILES string of the molecule is NNC(c1ccc(F)cc1)c1cccs1. The van der Waals surface area contributed by atoms with Gasteiger partial charge in [0.25, 0.3) is 0 Å². The number of benzene rings is 1. The van der Waals surface area contributed by atoms with Gasteiger partial charge in [0.2, 0.25) is 0 Å². The topological polar surface area (TPSA) is 38.0 Å². The molecule has 2 aromatic rings. The lowest BCUT2D eigenvalue weighted by atomic mass is 10.1. The van der Waals surface area contributed by atoms with Crippen LogP contribution in [0.3, 0.4) is 0 Å². The first-order valence-electron chi connectivity index (χ1n) is 4.56. The Morgan fingerprint density at radius 2 is 1.93 bits per heavy atom. The first-order chi connectivity index (χ1) is 7.31. The fraction of sp³-hybridized carbons (Fsp3) is 0.0909. The lowest BCUT2D eigenvalue weighted by molar-refractivity contribution is 0.618. The Bertz CT molecular complexity index is 411. The Hall–Kier alpha value is -1.23. The van der Waals surface area contributed by atoms with Crippen LogP contribution >= 0.6 is 11.3 Å². The minimum Gasteiger partial charge on any atom is -0.271 e. The molecule has 1 heterocycles. The first-order valence-corrected chi connectivity index (χ1v) is 5.44. The van der Waals surface area contributed by atoms with E-state index in [1.54, 1.807) is 23.5 Å². The van der Waals surface area contributed by atoms with E-state index in [9.17, 15) is 4.39 Å². The second-order valence-electron chi connectivity index (χ2n) is 3.17. The van der Waals surface area contributed by atoms with Crippen LogP contribution in [-0.4, -0.2) is 0 Å². The zero-order valence-corrected chi connectivity index (χ0v) is 8.80. The zero-order chi connectivity index (χ0) is 10.7. The normalized spacial score (nSPS) is 12.7. The number of rotatable bonds is 3. The summed E-state index contributed by atoms with van der Waals surface area (Å²) in [6.07, 6.45) is 0. The molecule has 0 amide bonds. The van der Waals surface area contributed by atoms with Crippen molar-refractivity contribution in [3.63, 3.8) is 0 Å². The lowest BCUT2D eigenvalue weighted by Gasteiger charge is -2.14. The van der Waals surface area contributed by atoms with E-state index >= 15 is 0 Å². The number of hydrogen-bond acceptors (Lipinski definition) is 3. The molecule has 1 atom stereocenters. The van der Waals surface area contributed by atoms with E-state index in [1.165, 1.54) is 12.1 Å². The van der Waals surface area contributed by atoms with Gasteiger partial charge in [-0.3, -0.25) is 5.84 Å². The molecule has 0 bridgehead atoms. The van der Waals surface area contributed by atoms with Crippen LogP contribution in [0, 0.1) is 5.82 Å². The Balaban J connectivity index is 2.31. The Morgan fingerprint density at radius 1 is 1.20 bits per heavy atom. The maximum atomic E-state index is 12.7. The molecule has 0 radical (unpaired) electrons. The number of thiophene rings is 1. The third-order valence-corrected chi connectivity index (χ3v) is 3.13. The fourth-order valence-electron chi connectivity index (χ4n) is 1.45. The summed E-state index contributed by atoms with van der Waals surface area (Å²) in [4.78, 5) is 1.11. The molecule has 3 N–H and O–H groups in total. The molecular formula is C11H11FN2S. The molecule has 0 saturated heterocycles. The Kier molecular flexibility index (Phi) is 3.11. The number of nitrogens with one attached hydrogen (secondary N) is 1. The van der Waals surface area contributed by atoms with Gasteiger partial charge in [-0.2, -0.15) is 0 Å². The van der Waals surface area contributed by atoms with E-state index in [0.29, 0.717) is 0 Å². The van der Waals surface area contributed by atoms with Gasteiger partial charge in [0.05, 0.1) is 6.04 Å². The van der Waals surface area contributed by atoms with Crippen LogP contribution in [0.5, 0.6) is 0 Å². The molecule has 0 fully saturated rings. The summed E-state index contributed by atoms with van der Waals surface area (Å²) < 4.78 is 12.7. The van der Waals surface area contributed by atoms with Gasteiger partial charge in [0.15, 0.2) is 0 Å². The third-order valence-electron chi connectivity index (χ3n) is 2.20. The maximum Gasteiger partial charge on any atom is 0.123 e. The standard InChI is InChI=1S/C11H11FN2S/c12-9-5-3-8(4-6-9)11(14-13)10-2-1-7-15-10/h1-7,11,14H,13H2. The van der Waals surface area contributed by atoms with Gasteiger partial charge in [-0.1, -0.05) is 18.2 Å². The van der Waals surface area contributed by atoms with Gasteiger partial charge < -0.3 is 0 Å². The molecule has 1 aromatic heterocycles. The van der Waals surface area contributed by atoms with Crippen LogP contribution in [0.4, 0.5) is 4.39 Å². The molecule has 2 rings (SSSR count). The van der Waals surface area contributed by atoms with Gasteiger partial charge in [0.1, 0.15) is 5.82 Å². The van der Waals surface area contributed by atoms with Crippen LogP contribution in [0.2, 0.25) is 0 Å². The highest BCUT2D eigenvalue weighted by Crippen LogP contribution is 2.25. The summed E-state index contributed by atoms with van der Waals surface area (Å²) in [7, 11) is 0. The Morgan fingerprint density at radius 3 is 2.47 bits per heavy atom. The molecule has 78 valence electrons. The minimum absolute atomic E-state index is 0.0643. The summed E-state index contributed by atoms with van der Waals surface area (Å²) in [6, 6.07) is 10.2. The van der Waals surface area contributed by atoms with Crippen LogP contribution in [0.25, 0.3) is 0 Å². The highest BCUT2D eigenvalue weighted by Gasteiger charge is 2.12. The molecule has 0 aliphatic rings. The van der Waals surface area contributed by atoms with E-state index < -0.39 is 0 Å². The molecule has 15 heavy (non-hydrogen) atoms. The lowest BCUT2D eigenvalue weighted by Crippen LogP contribution is -2.28. The van der Waals surface area contributed by atoms with E-state index in [1.807, 2.05) is 17.5 Å². The van der Waals surface area contributed by atoms with Crippen molar-refractivity contribution in [3.8, 4) is 0 Å². The number of hydrazine groups is 1. The molecule has 0 spiro atoms. The molecule has 1 aromatic carbocycles. The number of hydrogen-bond donors (Lipinski definition) is 2. The van der Waals surface area contributed by atoms with E-state index in [-0.39, 0.29) is 11.9 Å². The van der Waals surface area contributed by atoms with Crippen molar-refractivity contribution in [1.29, 1.82) is 0 Å². The van der Waals surface area contributed by atoms with Crippen LogP contribution in [-0.2, 0) is 0 Å². The minimum atomic E-state index is -0.235. The first kappa shape index (κ1) is 10.3. The molecule has 4 heteroatoms. The average Bonchev–Trinajstić information content (AvgIpc) is 2.75. The smallest absolute Gasteiger partial charge is 0.123 e. The van der Waals surface area contributed by atoms with E-state index in [2.05, 4.69) is 5.43 Å². The predicted octanol–water partition coefficient (Wildman–Crippen LogP) is 2.44. The molecular weight excluding hydrogens is 211 g/mol. The second kappa shape index (κ2) is 4.53. The van der Waals surface area contributed by atoms with Gasteiger partial charge in [-0.15, -0.1) is 11.3 Å². The highest BCUT2D eigenvalue weighted by atomic mass is 32.1. The van der Waals surface area contributed by atoms with Crippen molar-refractivity contribution in [2.24, 2.45) is 5.84 Å². The summed E-state index contributed by atoms with van der Waals surface area (Å²) in [5.41, 5.74) is 3.69. The van der Waals surface area contributed by atoms with E-state index in [0.717, 1.165) is 10.4 Å². The quantitative estimate of drug-likeness (QED) is 0.618. The fourth-order valence-corrected chi connectivity index (χ4v) is 2.26. The van der Waals surface area contributed by atoms with Crippen molar-refractivity contribution in [2.45, 2.75) is 6.04 Å². The van der Waals surface area contributed by atoms with Crippen molar-refractivity contribution >= 4 is 11.3 Å². The highest BCUT2D eigenvalue weighted by molar-refractivity contribution is 7.10. The number of halogens is 1. The van der Waals surface area contributed by atoms with Crippen LogP contribution < -0.4 is 11.3 Å². The van der Waals surface area contributed by atoms with Crippen molar-refractivity contribution in [3.05, 3.63) is 58.0 Å². The maximum absolute atomic E-state index is 12.7. The van der Waals surface area contributed by atoms with Gasteiger partial charge >= 0.3 is 0 Å². The number of nitrogens with two attached hydrogens (primary N) is 1. The summed E-state index contributed by atoms with van der Waals surface area (Å²) >= 11 is 1.62. The van der Waals surface area contributed by atoms with Crippen LogP contribution in [0.15, 0.2) is 41.8 Å². The average molecular weight is 222 g/mol. The predicted molar refractivity (Wildman–Crippen MR) is 59.9 cm³/mol. The van der Waals surface area contributed by atoms with Crippen molar-refractivity contribution in [1.82, 2.24) is 5.43 Å². The van der Waals surface area contributed by atoms with Crippen molar-refractivity contribution < 1.29 is 4.39 Å². The zero-order valence-electron chi connectivity index (χ0n) is 7.98. The summed E-state index contributed by atoms with van der Waals surface area (Å²) in [6.45, 7) is 0. The van der Waals surface area contributed by atoms with Gasteiger partial charge in [-0.25, -0.2) is 9.82 Å². The Labute approximate surface area is 91.5 Å². The van der Waals surface area contributed by atoms with Crippen LogP contribution in [0.1, 0.15) is 16.5 Å². The summed E-state index contributed by atoms with van der Waals surface area (Å²) in [5.74, 6) is 5.26. The molecule has 0 aliphatic heterocycles. The second-order valence-corrected chi connectivity index (χ2v) is 4.15. The molecule has 2 nitrogen and oxygen atoms in total. The largest absolute Gasteiger partial charge is 0.271 e. The van der Waals surface area contributed by atoms with Gasteiger partial charge in [0, 0.05) is 4.88 Å².